The lowest BCUT2D eigenvalue weighted by Gasteiger charge is -2.36. The number of fused-ring (bicyclic) bond motifs is 1. The first-order valence-electron chi connectivity index (χ1n) is 12.4. The maximum Gasteiger partial charge on any atom is 0.298 e. The van der Waals surface area contributed by atoms with Crippen molar-refractivity contribution in [1.29, 1.82) is 0 Å². The van der Waals surface area contributed by atoms with E-state index < -0.39 is 11.7 Å². The van der Waals surface area contributed by atoms with Gasteiger partial charge in [-0.05, 0) is 78.6 Å². The molecule has 0 atom stereocenters. The third kappa shape index (κ3) is 4.69. The Morgan fingerprint density at radius 2 is 1.64 bits per heavy atom. The van der Waals surface area contributed by atoms with Crippen LogP contribution in [-0.4, -0.2) is 47.3 Å². The van der Waals surface area contributed by atoms with Gasteiger partial charge in [0.2, 0.25) is 0 Å². The van der Waals surface area contributed by atoms with Crippen molar-refractivity contribution < 1.29 is 9.59 Å². The quantitative estimate of drug-likeness (QED) is 0.313. The van der Waals surface area contributed by atoms with E-state index in [9.17, 15) is 9.59 Å². The number of amides is 1. The zero-order valence-corrected chi connectivity index (χ0v) is 20.9. The largest absolute Gasteiger partial charge is 0.368 e. The topological polar surface area (TPSA) is 70.0 Å². The summed E-state index contributed by atoms with van der Waals surface area (Å²) in [6, 6.07) is 19.5. The van der Waals surface area contributed by atoms with Crippen LogP contribution in [0.25, 0.3) is 5.52 Å². The monoisotopic (exact) mass is 481 g/mol. The Bertz CT molecular complexity index is 1400. The van der Waals surface area contributed by atoms with Crippen molar-refractivity contribution in [1.82, 2.24) is 9.38 Å². The Labute approximate surface area is 211 Å². The highest BCUT2D eigenvalue weighted by molar-refractivity contribution is 6.46. The van der Waals surface area contributed by atoms with Crippen LogP contribution in [0.15, 0.2) is 73.1 Å². The zero-order valence-electron chi connectivity index (χ0n) is 20.9. The maximum absolute atomic E-state index is 13.2. The third-order valence-electron chi connectivity index (χ3n) is 6.75. The van der Waals surface area contributed by atoms with Crippen LogP contribution in [-0.2, 0) is 4.79 Å². The summed E-state index contributed by atoms with van der Waals surface area (Å²) in [5.41, 5.74) is 5.11. The average Bonchev–Trinajstić information content (AvgIpc) is 3.29. The van der Waals surface area contributed by atoms with Crippen molar-refractivity contribution in [3.8, 4) is 0 Å². The fourth-order valence-corrected chi connectivity index (χ4v) is 4.76. The number of carbonyl (C=O) groups is 2. The lowest BCUT2D eigenvalue weighted by Crippen LogP contribution is -2.46. The molecule has 0 bridgehead atoms. The molecule has 0 saturated carbocycles. The van der Waals surface area contributed by atoms with Crippen LogP contribution in [0.2, 0.25) is 0 Å². The molecule has 1 aliphatic rings. The van der Waals surface area contributed by atoms with Gasteiger partial charge in [0.15, 0.2) is 0 Å². The van der Waals surface area contributed by atoms with Gasteiger partial charge in [0.05, 0.1) is 0 Å². The van der Waals surface area contributed by atoms with E-state index in [2.05, 4.69) is 33.1 Å². The summed E-state index contributed by atoms with van der Waals surface area (Å²) in [6.45, 7) is 9.70. The number of carbonyl (C=O) groups excluding carboxylic acids is 2. The number of ketones is 1. The molecule has 1 N–H and O–H groups in total. The van der Waals surface area contributed by atoms with E-state index in [4.69, 9.17) is 0 Å². The number of anilines is 3. The van der Waals surface area contributed by atoms with Crippen molar-refractivity contribution in [2.75, 3.05) is 41.3 Å². The van der Waals surface area contributed by atoms with E-state index in [1.807, 2.05) is 80.8 Å². The highest BCUT2D eigenvalue weighted by Gasteiger charge is 2.25. The van der Waals surface area contributed by atoms with Crippen molar-refractivity contribution in [3.63, 3.8) is 0 Å². The molecule has 7 heteroatoms. The number of benzene rings is 1. The van der Waals surface area contributed by atoms with E-state index in [-0.39, 0.29) is 5.92 Å². The van der Waals surface area contributed by atoms with Gasteiger partial charge in [-0.2, -0.15) is 0 Å². The Hall–Kier alpha value is -4.13. The van der Waals surface area contributed by atoms with Gasteiger partial charge in [-0.25, -0.2) is 4.98 Å². The predicted octanol–water partition coefficient (Wildman–Crippen LogP) is 4.91. The standard InChI is InChI=1S/C29H31N5O2/c1-20(2)25-19-24-6-4-5-13-34(24)27(25)28(35)29(36)31-22-7-9-23(10-8-22)32-14-16-33(17-15-32)26-18-21(3)11-12-30-26/h4-13,18-20H,14-17H2,1-3H3,(H,31,36). The number of hydrogen-bond donors (Lipinski definition) is 1. The third-order valence-corrected chi connectivity index (χ3v) is 6.75. The second-order valence-corrected chi connectivity index (χ2v) is 9.59. The van der Waals surface area contributed by atoms with E-state index in [0.29, 0.717) is 11.4 Å². The first-order chi connectivity index (χ1) is 17.4. The van der Waals surface area contributed by atoms with Crippen molar-refractivity contribution >= 4 is 34.4 Å². The van der Waals surface area contributed by atoms with Crippen molar-refractivity contribution in [2.24, 2.45) is 0 Å². The SMILES string of the molecule is Cc1ccnc(N2CCN(c3ccc(NC(=O)C(=O)c4c(C(C)C)cc5ccccn45)cc3)CC2)c1. The van der Waals surface area contributed by atoms with Gasteiger partial charge in [-0.1, -0.05) is 19.9 Å². The average molecular weight is 482 g/mol. The lowest BCUT2D eigenvalue weighted by molar-refractivity contribution is -0.112. The Morgan fingerprint density at radius 1 is 0.917 bits per heavy atom. The van der Waals surface area contributed by atoms with Crippen molar-refractivity contribution in [2.45, 2.75) is 26.7 Å². The van der Waals surface area contributed by atoms with E-state index in [1.165, 1.54) is 5.56 Å². The summed E-state index contributed by atoms with van der Waals surface area (Å²) in [7, 11) is 0. The van der Waals surface area contributed by atoms with Crippen LogP contribution < -0.4 is 15.1 Å². The first kappa shape index (κ1) is 23.6. The number of nitrogens with one attached hydrogen (secondary N) is 1. The molecule has 1 saturated heterocycles. The Morgan fingerprint density at radius 3 is 2.33 bits per heavy atom. The molecule has 36 heavy (non-hydrogen) atoms. The normalized spacial score (nSPS) is 13.9. The number of aromatic nitrogens is 2. The number of aryl methyl sites for hydroxylation is 1. The number of hydrogen-bond acceptors (Lipinski definition) is 5. The van der Waals surface area contributed by atoms with Crippen LogP contribution in [0.3, 0.4) is 0 Å². The summed E-state index contributed by atoms with van der Waals surface area (Å²) < 4.78 is 1.80. The van der Waals surface area contributed by atoms with Crippen LogP contribution in [0.5, 0.6) is 0 Å². The van der Waals surface area contributed by atoms with Gasteiger partial charge in [0.1, 0.15) is 11.5 Å². The molecule has 1 aromatic carbocycles. The fourth-order valence-electron chi connectivity index (χ4n) is 4.76. The molecular formula is C29H31N5O2. The molecular weight excluding hydrogens is 450 g/mol. The van der Waals surface area contributed by atoms with Gasteiger partial charge in [-0.15, -0.1) is 0 Å². The minimum absolute atomic E-state index is 0.123. The zero-order chi connectivity index (χ0) is 25.2. The second-order valence-electron chi connectivity index (χ2n) is 9.59. The van der Waals surface area contributed by atoms with Gasteiger partial charge in [-0.3, -0.25) is 9.59 Å². The van der Waals surface area contributed by atoms with Crippen LogP contribution in [0.1, 0.15) is 41.4 Å². The molecule has 1 amide bonds. The van der Waals surface area contributed by atoms with Gasteiger partial charge in [0.25, 0.3) is 11.7 Å². The maximum atomic E-state index is 13.2. The van der Waals surface area contributed by atoms with Crippen LogP contribution in [0, 0.1) is 6.92 Å². The van der Waals surface area contributed by atoms with Crippen LogP contribution >= 0.6 is 0 Å². The molecule has 1 fully saturated rings. The van der Waals surface area contributed by atoms with Gasteiger partial charge in [0, 0.05) is 55.5 Å². The summed E-state index contributed by atoms with van der Waals surface area (Å²) in [6.07, 6.45) is 3.68. The first-order valence-corrected chi connectivity index (χ1v) is 12.4. The second kappa shape index (κ2) is 9.85. The molecule has 1 aliphatic heterocycles. The molecule has 7 nitrogen and oxygen atoms in total. The molecule has 3 aromatic heterocycles. The predicted molar refractivity (Wildman–Crippen MR) is 144 cm³/mol. The lowest BCUT2D eigenvalue weighted by atomic mass is 10.0. The van der Waals surface area contributed by atoms with Gasteiger partial charge >= 0.3 is 0 Å². The molecule has 4 aromatic rings. The number of rotatable bonds is 6. The molecule has 4 heterocycles. The van der Waals surface area contributed by atoms with Crippen LogP contribution in [0.4, 0.5) is 17.2 Å². The molecule has 5 rings (SSSR count). The highest BCUT2D eigenvalue weighted by Crippen LogP contribution is 2.26. The molecule has 0 radical (unpaired) electrons. The summed E-state index contributed by atoms with van der Waals surface area (Å²) >= 11 is 0. The number of Topliss-reactive ketones (excluding diaryl/α,β-unsaturated/α-hetero) is 1. The molecule has 0 aliphatic carbocycles. The summed E-state index contributed by atoms with van der Waals surface area (Å²) in [4.78, 5) is 35.2. The smallest absolute Gasteiger partial charge is 0.298 e. The minimum Gasteiger partial charge on any atom is -0.368 e. The summed E-state index contributed by atoms with van der Waals surface area (Å²) in [5.74, 6) is -0.0190. The Balaban J connectivity index is 1.24. The fraction of sp³-hybridized carbons (Fsp3) is 0.276. The van der Waals surface area contributed by atoms with E-state index >= 15 is 0 Å². The van der Waals surface area contributed by atoms with E-state index in [0.717, 1.165) is 48.8 Å². The summed E-state index contributed by atoms with van der Waals surface area (Å²) in [5, 5.41) is 2.79. The molecule has 0 spiro atoms. The van der Waals surface area contributed by atoms with E-state index in [1.54, 1.807) is 4.40 Å². The van der Waals surface area contributed by atoms with Crippen molar-refractivity contribution in [3.05, 3.63) is 89.9 Å². The molecule has 0 unspecified atom stereocenters. The Kier molecular flexibility index (Phi) is 6.46. The number of pyridine rings is 2. The number of piperazine rings is 1. The number of nitrogens with zero attached hydrogens (tertiary/aromatic N) is 4. The highest BCUT2D eigenvalue weighted by atomic mass is 16.2. The molecule has 184 valence electrons. The minimum atomic E-state index is -0.632. The van der Waals surface area contributed by atoms with Gasteiger partial charge < -0.3 is 19.5 Å².